The molecule has 5 rings (SSSR count). The van der Waals surface area contributed by atoms with E-state index in [0.29, 0.717) is 52.0 Å². The molecule has 4 N–H and O–H groups in total. The van der Waals surface area contributed by atoms with Gasteiger partial charge in [-0.2, -0.15) is 0 Å². The molecular weight excluding hydrogens is 502 g/mol. The van der Waals surface area contributed by atoms with Crippen molar-refractivity contribution in [3.05, 3.63) is 70.9 Å². The van der Waals surface area contributed by atoms with Crippen molar-refractivity contribution < 1.29 is 18.3 Å². The minimum absolute atomic E-state index is 0.0703. The van der Waals surface area contributed by atoms with Crippen molar-refractivity contribution in [2.24, 2.45) is 0 Å². The Morgan fingerprint density at radius 3 is 2.70 bits per heavy atom. The Balaban J connectivity index is 1.43. The number of likely N-dealkylation sites (N-methyl/N-ethyl adjacent to an activating group) is 1. The fourth-order valence-corrected chi connectivity index (χ4v) is 4.66. The maximum Gasteiger partial charge on any atom is 0.257 e. The highest BCUT2D eigenvalue weighted by Crippen LogP contribution is 2.35. The second-order valence-corrected chi connectivity index (χ2v) is 9.42. The lowest BCUT2D eigenvalue weighted by atomic mass is 9.89. The van der Waals surface area contributed by atoms with E-state index in [1.165, 1.54) is 6.07 Å². The lowest BCUT2D eigenvalue weighted by Crippen LogP contribution is -2.43. The number of nitrogens with zero attached hydrogens (tertiary/aromatic N) is 2. The molecular formula is C26H25ClF2N6O2. The molecule has 192 valence electrons. The number of aromatic nitrogens is 3. The van der Waals surface area contributed by atoms with E-state index in [4.69, 9.17) is 16.3 Å². The quantitative estimate of drug-likeness (QED) is 0.276. The molecule has 0 spiro atoms. The number of amides is 1. The molecule has 0 saturated carbocycles. The molecule has 0 radical (unpaired) electrons. The van der Waals surface area contributed by atoms with E-state index in [0.717, 1.165) is 24.6 Å². The largest absolute Gasteiger partial charge is 0.484 e. The van der Waals surface area contributed by atoms with Gasteiger partial charge in [-0.15, -0.1) is 0 Å². The molecule has 3 heterocycles. The number of fused-ring (bicyclic) bond motifs is 1. The van der Waals surface area contributed by atoms with Gasteiger partial charge in [0.2, 0.25) is 0 Å². The minimum Gasteiger partial charge on any atom is -0.484 e. The number of nitrogens with one attached hydrogen (secondary N) is 4. The van der Waals surface area contributed by atoms with Crippen molar-refractivity contribution in [1.82, 2.24) is 25.6 Å². The first-order valence-electron chi connectivity index (χ1n) is 11.8. The van der Waals surface area contributed by atoms with Crippen LogP contribution in [-0.2, 0) is 11.2 Å². The molecule has 2 aromatic carbocycles. The Labute approximate surface area is 216 Å². The third-order valence-corrected chi connectivity index (χ3v) is 6.70. The van der Waals surface area contributed by atoms with E-state index < -0.39 is 17.2 Å². The average Bonchev–Trinajstić information content (AvgIpc) is 3.54. The van der Waals surface area contributed by atoms with Crippen molar-refractivity contribution in [1.29, 1.82) is 0 Å². The van der Waals surface area contributed by atoms with E-state index in [-0.39, 0.29) is 12.5 Å². The van der Waals surface area contributed by atoms with E-state index in [2.05, 4.69) is 30.9 Å². The Morgan fingerprint density at radius 1 is 1.19 bits per heavy atom. The topological polar surface area (TPSA) is 104 Å². The number of carbonyl (C=O) groups excluding carboxylic acids is 1. The number of imidazole rings is 1. The molecule has 0 unspecified atom stereocenters. The SMILES string of the molecule is CNC(=O)COc1ccc(-c2nc3ncc(Cl)c(N[C@@]4(Cc5ccc(F)c(F)c5)CCNC4)c3[nH]2)cc1. The molecule has 1 saturated heterocycles. The average molecular weight is 527 g/mol. The van der Waals surface area contributed by atoms with Gasteiger partial charge in [-0.1, -0.05) is 17.7 Å². The standard InChI is InChI=1S/C26H25ClF2N6O2/c1-30-21(36)13-37-17-5-3-16(4-6-17)24-33-23-22(18(27)12-32-25(23)34-24)35-26(8-9-31-14-26)11-15-2-7-19(28)20(29)10-15/h2-7,10,12,31H,8-9,11,13-14H2,1H3,(H,30,36)(H2,32,33,34,35)/t26-/m1/s1. The van der Waals surface area contributed by atoms with Crippen LogP contribution in [0.1, 0.15) is 12.0 Å². The summed E-state index contributed by atoms with van der Waals surface area (Å²) in [5, 5.41) is 9.85. The first kappa shape index (κ1) is 24.9. The predicted octanol–water partition coefficient (Wildman–Crippen LogP) is 4.07. The summed E-state index contributed by atoms with van der Waals surface area (Å²) in [6.45, 7) is 1.31. The van der Waals surface area contributed by atoms with Crippen LogP contribution in [0.5, 0.6) is 5.75 Å². The van der Waals surface area contributed by atoms with Crippen molar-refractivity contribution in [2.45, 2.75) is 18.4 Å². The van der Waals surface area contributed by atoms with E-state index in [1.807, 2.05) is 12.1 Å². The lowest BCUT2D eigenvalue weighted by molar-refractivity contribution is -0.122. The fourth-order valence-electron chi connectivity index (χ4n) is 4.47. The van der Waals surface area contributed by atoms with Crippen LogP contribution in [0, 0.1) is 11.6 Å². The smallest absolute Gasteiger partial charge is 0.257 e. The van der Waals surface area contributed by atoms with Crippen LogP contribution in [0.15, 0.2) is 48.7 Å². The van der Waals surface area contributed by atoms with Gasteiger partial charge in [-0.05, 0) is 61.3 Å². The predicted molar refractivity (Wildman–Crippen MR) is 138 cm³/mol. The van der Waals surface area contributed by atoms with Crippen LogP contribution in [0.2, 0.25) is 5.02 Å². The molecule has 0 aliphatic carbocycles. The van der Waals surface area contributed by atoms with Crippen LogP contribution in [0.3, 0.4) is 0 Å². The fraction of sp³-hybridized carbons (Fsp3) is 0.269. The Hall–Kier alpha value is -3.76. The molecule has 0 bridgehead atoms. The van der Waals surface area contributed by atoms with Crippen molar-refractivity contribution >= 4 is 34.4 Å². The van der Waals surface area contributed by atoms with Gasteiger partial charge in [0.25, 0.3) is 5.91 Å². The normalized spacial score (nSPS) is 17.2. The van der Waals surface area contributed by atoms with Gasteiger partial charge >= 0.3 is 0 Å². The zero-order valence-corrected chi connectivity index (χ0v) is 20.8. The van der Waals surface area contributed by atoms with Crippen molar-refractivity contribution in [3.63, 3.8) is 0 Å². The molecule has 1 aliphatic heterocycles. The highest BCUT2D eigenvalue weighted by Gasteiger charge is 2.35. The minimum atomic E-state index is -0.870. The van der Waals surface area contributed by atoms with Gasteiger partial charge in [0.15, 0.2) is 23.9 Å². The number of benzene rings is 2. The molecule has 11 heteroatoms. The van der Waals surface area contributed by atoms with Gasteiger partial charge in [-0.3, -0.25) is 4.79 Å². The number of halogens is 3. The summed E-state index contributed by atoms with van der Waals surface area (Å²) < 4.78 is 32.8. The number of hydrogen-bond acceptors (Lipinski definition) is 6. The van der Waals surface area contributed by atoms with Gasteiger partial charge in [0.05, 0.1) is 22.4 Å². The molecule has 1 atom stereocenters. The number of ether oxygens (including phenoxy) is 1. The summed E-state index contributed by atoms with van der Waals surface area (Å²) in [6.07, 6.45) is 2.76. The summed E-state index contributed by atoms with van der Waals surface area (Å²) in [4.78, 5) is 23.7. The van der Waals surface area contributed by atoms with Crippen LogP contribution < -0.4 is 20.7 Å². The van der Waals surface area contributed by atoms with E-state index >= 15 is 0 Å². The van der Waals surface area contributed by atoms with Gasteiger partial charge in [0, 0.05) is 19.2 Å². The monoisotopic (exact) mass is 526 g/mol. The maximum atomic E-state index is 13.9. The lowest BCUT2D eigenvalue weighted by Gasteiger charge is -2.31. The van der Waals surface area contributed by atoms with Gasteiger partial charge < -0.3 is 25.7 Å². The zero-order chi connectivity index (χ0) is 26.0. The number of aromatic amines is 1. The summed E-state index contributed by atoms with van der Waals surface area (Å²) >= 11 is 6.59. The summed E-state index contributed by atoms with van der Waals surface area (Å²) in [6, 6.07) is 11.2. The maximum absolute atomic E-state index is 13.9. The first-order chi connectivity index (χ1) is 17.9. The number of hydrogen-bond donors (Lipinski definition) is 4. The zero-order valence-electron chi connectivity index (χ0n) is 20.0. The van der Waals surface area contributed by atoms with Crippen molar-refractivity contribution in [3.8, 4) is 17.1 Å². The second-order valence-electron chi connectivity index (χ2n) is 9.01. The summed E-state index contributed by atoms with van der Waals surface area (Å²) in [7, 11) is 1.55. The van der Waals surface area contributed by atoms with Gasteiger partial charge in [-0.25, -0.2) is 18.7 Å². The number of anilines is 1. The first-order valence-corrected chi connectivity index (χ1v) is 12.1. The third kappa shape index (κ3) is 5.35. The molecule has 2 aromatic heterocycles. The molecule has 37 heavy (non-hydrogen) atoms. The molecule has 1 amide bonds. The molecule has 8 nitrogen and oxygen atoms in total. The molecule has 1 fully saturated rings. The number of H-pyrrole nitrogens is 1. The highest BCUT2D eigenvalue weighted by atomic mass is 35.5. The second kappa shape index (κ2) is 10.3. The van der Waals surface area contributed by atoms with Crippen LogP contribution in [0.25, 0.3) is 22.6 Å². The number of rotatable bonds is 8. The molecule has 1 aliphatic rings. The summed E-state index contributed by atoms with van der Waals surface area (Å²) in [5.74, 6) is -0.815. The van der Waals surface area contributed by atoms with E-state index in [9.17, 15) is 13.6 Å². The Bertz CT molecular complexity index is 1440. The Morgan fingerprint density at radius 2 is 2.00 bits per heavy atom. The van der Waals surface area contributed by atoms with E-state index in [1.54, 1.807) is 31.4 Å². The van der Waals surface area contributed by atoms with Crippen LogP contribution in [-0.4, -0.2) is 53.1 Å². The molecule has 4 aromatic rings. The van der Waals surface area contributed by atoms with Crippen LogP contribution >= 0.6 is 11.6 Å². The number of pyridine rings is 1. The highest BCUT2D eigenvalue weighted by molar-refractivity contribution is 6.34. The number of carbonyl (C=O) groups is 1. The Kier molecular flexibility index (Phi) is 6.94. The van der Waals surface area contributed by atoms with Gasteiger partial charge in [0.1, 0.15) is 17.1 Å². The van der Waals surface area contributed by atoms with Crippen LogP contribution in [0.4, 0.5) is 14.5 Å². The van der Waals surface area contributed by atoms with Crippen molar-refractivity contribution in [2.75, 3.05) is 32.1 Å². The summed E-state index contributed by atoms with van der Waals surface area (Å²) in [5.41, 5.74) is 2.76. The third-order valence-electron chi connectivity index (χ3n) is 6.41.